The first-order valence-electron chi connectivity index (χ1n) is 6.78. The van der Waals surface area contributed by atoms with Gasteiger partial charge in [-0.2, -0.15) is 0 Å². The minimum Gasteiger partial charge on any atom is -0.497 e. The van der Waals surface area contributed by atoms with Gasteiger partial charge in [-0.05, 0) is 56.7 Å². The summed E-state index contributed by atoms with van der Waals surface area (Å²) >= 11 is 0. The summed E-state index contributed by atoms with van der Waals surface area (Å²) in [5.74, 6) is 0.844. The standard InChI is InChI=1S/C17H24N2O/c1-5-6-16(12-14(18)11-13(2)3)19-15-7-9-17(20-4)10-8-15/h6-12,19H,5,18H2,1-4H3/b14-12+,16-6-. The maximum absolute atomic E-state index is 5.99. The van der Waals surface area contributed by atoms with Gasteiger partial charge in [-0.3, -0.25) is 0 Å². The summed E-state index contributed by atoms with van der Waals surface area (Å²) < 4.78 is 5.15. The van der Waals surface area contributed by atoms with Crippen LogP contribution >= 0.6 is 0 Å². The Balaban J connectivity index is 2.87. The van der Waals surface area contributed by atoms with Gasteiger partial charge in [0.25, 0.3) is 0 Å². The molecule has 0 saturated carbocycles. The highest BCUT2D eigenvalue weighted by atomic mass is 16.5. The van der Waals surface area contributed by atoms with E-state index in [-0.39, 0.29) is 0 Å². The maximum atomic E-state index is 5.99. The molecule has 0 aliphatic carbocycles. The minimum atomic E-state index is 0.741. The zero-order valence-electron chi connectivity index (χ0n) is 12.7. The smallest absolute Gasteiger partial charge is 0.119 e. The second kappa shape index (κ2) is 8.10. The van der Waals surface area contributed by atoms with Crippen molar-refractivity contribution in [3.8, 4) is 5.75 Å². The summed E-state index contributed by atoms with van der Waals surface area (Å²) in [6.07, 6.45) is 6.95. The number of nitrogens with two attached hydrogens (primary N) is 1. The minimum absolute atomic E-state index is 0.741. The Kier molecular flexibility index (Phi) is 6.44. The van der Waals surface area contributed by atoms with E-state index in [1.165, 1.54) is 5.57 Å². The van der Waals surface area contributed by atoms with Gasteiger partial charge in [0.1, 0.15) is 5.75 Å². The molecule has 3 nitrogen and oxygen atoms in total. The van der Waals surface area contributed by atoms with Crippen LogP contribution < -0.4 is 15.8 Å². The number of methoxy groups -OCH3 is 1. The molecule has 108 valence electrons. The first kappa shape index (κ1) is 15.9. The zero-order valence-corrected chi connectivity index (χ0v) is 12.7. The second-order valence-corrected chi connectivity index (χ2v) is 4.79. The van der Waals surface area contributed by atoms with Gasteiger partial charge in [0.15, 0.2) is 0 Å². The van der Waals surface area contributed by atoms with Crippen LogP contribution in [0.1, 0.15) is 27.2 Å². The lowest BCUT2D eigenvalue weighted by molar-refractivity contribution is 0.415. The normalized spacial score (nSPS) is 12.0. The lowest BCUT2D eigenvalue weighted by Gasteiger charge is -2.09. The van der Waals surface area contributed by atoms with Crippen LogP contribution in [0.3, 0.4) is 0 Å². The number of allylic oxidation sites excluding steroid dienone is 4. The fraction of sp³-hybridized carbons (Fsp3) is 0.294. The highest BCUT2D eigenvalue weighted by Gasteiger charge is 1.97. The molecule has 0 spiro atoms. The van der Waals surface area contributed by atoms with E-state index < -0.39 is 0 Å². The van der Waals surface area contributed by atoms with Gasteiger partial charge in [-0.15, -0.1) is 0 Å². The SMILES string of the molecule is CC/C=C(/C=C(/N)C=C(C)C)Nc1ccc(OC)cc1. The number of benzene rings is 1. The lowest BCUT2D eigenvalue weighted by Crippen LogP contribution is -2.01. The quantitative estimate of drug-likeness (QED) is 0.763. The molecule has 0 aliphatic rings. The number of anilines is 1. The Hall–Kier alpha value is -2.16. The summed E-state index contributed by atoms with van der Waals surface area (Å²) in [7, 11) is 1.66. The largest absolute Gasteiger partial charge is 0.497 e. The van der Waals surface area contributed by atoms with Crippen molar-refractivity contribution in [2.24, 2.45) is 5.73 Å². The van der Waals surface area contributed by atoms with E-state index in [0.29, 0.717) is 0 Å². The monoisotopic (exact) mass is 272 g/mol. The van der Waals surface area contributed by atoms with Crippen molar-refractivity contribution in [1.82, 2.24) is 0 Å². The van der Waals surface area contributed by atoms with Crippen molar-refractivity contribution in [1.29, 1.82) is 0 Å². The highest BCUT2D eigenvalue weighted by molar-refractivity contribution is 5.53. The van der Waals surface area contributed by atoms with E-state index in [4.69, 9.17) is 10.5 Å². The molecular weight excluding hydrogens is 248 g/mol. The van der Waals surface area contributed by atoms with Gasteiger partial charge < -0.3 is 15.8 Å². The summed E-state index contributed by atoms with van der Waals surface area (Å²) in [5, 5.41) is 3.36. The van der Waals surface area contributed by atoms with Crippen LogP contribution in [0.25, 0.3) is 0 Å². The fourth-order valence-corrected chi connectivity index (χ4v) is 1.76. The zero-order chi connectivity index (χ0) is 15.0. The molecule has 0 atom stereocenters. The van der Waals surface area contributed by atoms with Crippen molar-refractivity contribution in [3.05, 3.63) is 59.5 Å². The maximum Gasteiger partial charge on any atom is 0.119 e. The van der Waals surface area contributed by atoms with Gasteiger partial charge in [0.2, 0.25) is 0 Å². The molecule has 0 radical (unpaired) electrons. The van der Waals surface area contributed by atoms with Crippen LogP contribution in [0.5, 0.6) is 5.75 Å². The van der Waals surface area contributed by atoms with Crippen molar-refractivity contribution in [2.75, 3.05) is 12.4 Å². The number of hydrogen-bond acceptors (Lipinski definition) is 3. The van der Waals surface area contributed by atoms with E-state index in [0.717, 1.165) is 29.3 Å². The van der Waals surface area contributed by atoms with Gasteiger partial charge in [0, 0.05) is 17.1 Å². The molecule has 0 heterocycles. The summed E-state index contributed by atoms with van der Waals surface area (Å²) in [4.78, 5) is 0. The highest BCUT2D eigenvalue weighted by Crippen LogP contribution is 2.17. The molecule has 0 amide bonds. The Morgan fingerprint density at radius 3 is 2.35 bits per heavy atom. The van der Waals surface area contributed by atoms with Crippen molar-refractivity contribution >= 4 is 5.69 Å². The van der Waals surface area contributed by atoms with Gasteiger partial charge in [-0.25, -0.2) is 0 Å². The van der Waals surface area contributed by atoms with Crippen LogP contribution in [0.2, 0.25) is 0 Å². The van der Waals surface area contributed by atoms with Crippen molar-refractivity contribution in [2.45, 2.75) is 27.2 Å². The van der Waals surface area contributed by atoms with Crippen molar-refractivity contribution < 1.29 is 4.74 Å². The molecule has 1 aromatic carbocycles. The molecular formula is C17H24N2O. The summed E-state index contributed by atoms with van der Waals surface area (Å²) in [5.41, 5.74) is 9.91. The molecule has 0 saturated heterocycles. The Bertz CT molecular complexity index is 506. The van der Waals surface area contributed by atoms with E-state index in [1.807, 2.05) is 50.3 Å². The van der Waals surface area contributed by atoms with Gasteiger partial charge in [0.05, 0.1) is 7.11 Å². The number of ether oxygens (including phenoxy) is 1. The van der Waals surface area contributed by atoms with E-state index >= 15 is 0 Å². The van der Waals surface area contributed by atoms with Gasteiger partial charge >= 0.3 is 0 Å². The Morgan fingerprint density at radius 2 is 1.85 bits per heavy atom. The van der Waals surface area contributed by atoms with Crippen LogP contribution in [0.15, 0.2) is 59.5 Å². The van der Waals surface area contributed by atoms with E-state index in [2.05, 4.69) is 18.3 Å². The first-order chi connectivity index (χ1) is 9.55. The molecule has 20 heavy (non-hydrogen) atoms. The Labute approximate surface area is 121 Å². The molecule has 3 heteroatoms. The van der Waals surface area contributed by atoms with Crippen LogP contribution in [-0.2, 0) is 0 Å². The first-order valence-corrected chi connectivity index (χ1v) is 6.78. The molecule has 3 N–H and O–H groups in total. The van der Waals surface area contributed by atoms with Crippen LogP contribution in [-0.4, -0.2) is 7.11 Å². The molecule has 1 rings (SSSR count). The predicted molar refractivity (Wildman–Crippen MR) is 86.7 cm³/mol. The summed E-state index contributed by atoms with van der Waals surface area (Å²) in [6.45, 7) is 6.16. The van der Waals surface area contributed by atoms with Crippen LogP contribution in [0, 0.1) is 0 Å². The number of rotatable bonds is 6. The predicted octanol–water partition coefficient (Wildman–Crippen LogP) is 4.21. The number of nitrogens with one attached hydrogen (secondary N) is 1. The van der Waals surface area contributed by atoms with E-state index in [1.54, 1.807) is 7.11 Å². The van der Waals surface area contributed by atoms with Crippen molar-refractivity contribution in [3.63, 3.8) is 0 Å². The molecule has 0 bridgehead atoms. The van der Waals surface area contributed by atoms with Gasteiger partial charge in [-0.1, -0.05) is 18.6 Å². The number of hydrogen-bond donors (Lipinski definition) is 2. The topological polar surface area (TPSA) is 47.3 Å². The lowest BCUT2D eigenvalue weighted by atomic mass is 10.2. The summed E-state index contributed by atoms with van der Waals surface area (Å²) in [6, 6.07) is 7.81. The molecule has 0 aliphatic heterocycles. The molecule has 0 aromatic heterocycles. The third kappa shape index (κ3) is 5.65. The van der Waals surface area contributed by atoms with Crippen LogP contribution in [0.4, 0.5) is 5.69 Å². The third-order valence-electron chi connectivity index (χ3n) is 2.58. The molecule has 0 fully saturated rings. The fourth-order valence-electron chi connectivity index (χ4n) is 1.76. The average molecular weight is 272 g/mol. The second-order valence-electron chi connectivity index (χ2n) is 4.79. The molecule has 0 unspecified atom stereocenters. The Morgan fingerprint density at radius 1 is 1.20 bits per heavy atom. The third-order valence-corrected chi connectivity index (χ3v) is 2.58. The molecule has 1 aromatic rings. The van der Waals surface area contributed by atoms with E-state index in [9.17, 15) is 0 Å². The average Bonchev–Trinajstić information content (AvgIpc) is 2.38.